The van der Waals surface area contributed by atoms with E-state index < -0.39 is 6.04 Å². The molecule has 2 saturated heterocycles. The molecule has 3 amide bonds. The lowest BCUT2D eigenvalue weighted by Gasteiger charge is -2.27. The minimum atomic E-state index is -0.682. The monoisotopic (exact) mass is 403 g/mol. The van der Waals surface area contributed by atoms with Crippen LogP contribution in [-0.2, 0) is 14.4 Å². The lowest BCUT2D eigenvalue weighted by atomic mass is 9.85. The first kappa shape index (κ1) is 22.0. The summed E-state index contributed by atoms with van der Waals surface area (Å²) in [4.78, 5) is 42.6. The number of fused-ring (bicyclic) bond motifs is 1. The largest absolute Gasteiger partial charge is 0.354 e. The van der Waals surface area contributed by atoms with Crippen LogP contribution in [0.1, 0.15) is 65.2 Å². The number of rotatable bonds is 8. The van der Waals surface area contributed by atoms with Gasteiger partial charge in [-0.1, -0.05) is 38.8 Å². The maximum atomic E-state index is 13.0. The Morgan fingerprint density at radius 2 is 1.62 bits per heavy atom. The van der Waals surface area contributed by atoms with Gasteiger partial charge >= 0.3 is 0 Å². The molecule has 2 aliphatic heterocycles. The predicted molar refractivity (Wildman–Crippen MR) is 113 cm³/mol. The number of carbonyl (C=O) groups is 3. The number of hydrogen-bond acceptors (Lipinski definition) is 4. The summed E-state index contributed by atoms with van der Waals surface area (Å²) in [7, 11) is 0. The van der Waals surface area contributed by atoms with Gasteiger partial charge in [0.15, 0.2) is 0 Å². The minimum Gasteiger partial charge on any atom is -0.354 e. The fourth-order valence-corrected chi connectivity index (χ4v) is 4.90. The van der Waals surface area contributed by atoms with Gasteiger partial charge in [-0.25, -0.2) is 0 Å². The van der Waals surface area contributed by atoms with Gasteiger partial charge in [0, 0.05) is 6.54 Å². The molecule has 0 aromatic carbocycles. The third-order valence-electron chi connectivity index (χ3n) is 6.50. The summed E-state index contributed by atoms with van der Waals surface area (Å²) < 4.78 is 0. The molecule has 0 radical (unpaired) electrons. The molecule has 3 aliphatic rings. The van der Waals surface area contributed by atoms with Crippen molar-refractivity contribution in [1.82, 2.24) is 15.1 Å². The highest BCUT2D eigenvalue weighted by molar-refractivity contribution is 6.08. The van der Waals surface area contributed by atoms with E-state index in [1.807, 2.05) is 26.0 Å². The topological polar surface area (TPSA) is 69.7 Å². The van der Waals surface area contributed by atoms with Gasteiger partial charge in [0.25, 0.3) is 0 Å². The van der Waals surface area contributed by atoms with Crippen LogP contribution < -0.4 is 5.32 Å². The molecule has 3 unspecified atom stereocenters. The van der Waals surface area contributed by atoms with Crippen LogP contribution >= 0.6 is 0 Å². The van der Waals surface area contributed by atoms with E-state index in [1.165, 1.54) is 30.6 Å². The van der Waals surface area contributed by atoms with Gasteiger partial charge in [-0.15, -0.1) is 0 Å². The summed E-state index contributed by atoms with van der Waals surface area (Å²) in [5, 5.41) is 3.02. The van der Waals surface area contributed by atoms with Crippen LogP contribution in [-0.4, -0.2) is 59.7 Å². The van der Waals surface area contributed by atoms with Crippen molar-refractivity contribution in [3.05, 3.63) is 12.2 Å². The highest BCUT2D eigenvalue weighted by Crippen LogP contribution is 2.37. The Kier molecular flexibility index (Phi) is 7.87. The molecule has 29 heavy (non-hydrogen) atoms. The van der Waals surface area contributed by atoms with Crippen molar-refractivity contribution >= 4 is 17.7 Å². The Morgan fingerprint density at radius 1 is 1.03 bits per heavy atom. The SMILES string of the molecule is CC(C)CC(C(=O)NCCCN1CCCCCC1)N1C(=O)C2CC=CCC2C1=O. The number of likely N-dealkylation sites (tertiary alicyclic amines) is 2. The lowest BCUT2D eigenvalue weighted by molar-refractivity contribution is -0.148. The van der Waals surface area contributed by atoms with Crippen LogP contribution in [0, 0.1) is 17.8 Å². The number of imide groups is 1. The molecule has 6 heteroatoms. The van der Waals surface area contributed by atoms with Gasteiger partial charge in [0.05, 0.1) is 11.8 Å². The fourth-order valence-electron chi connectivity index (χ4n) is 4.90. The van der Waals surface area contributed by atoms with E-state index in [1.54, 1.807) is 0 Å². The normalized spacial score (nSPS) is 26.5. The first-order valence-corrected chi connectivity index (χ1v) is 11.5. The molecule has 3 rings (SSSR count). The predicted octanol–water partition coefficient (Wildman–Crippen LogP) is 2.73. The molecule has 0 aromatic heterocycles. The number of nitrogens with zero attached hydrogens (tertiary/aromatic N) is 2. The molecule has 0 saturated carbocycles. The minimum absolute atomic E-state index is 0.158. The first-order valence-electron chi connectivity index (χ1n) is 11.5. The van der Waals surface area contributed by atoms with Crippen molar-refractivity contribution in [3.63, 3.8) is 0 Å². The van der Waals surface area contributed by atoms with Gasteiger partial charge in [-0.2, -0.15) is 0 Å². The summed E-state index contributed by atoms with van der Waals surface area (Å²) in [6, 6.07) is -0.682. The molecule has 0 spiro atoms. The Balaban J connectivity index is 1.56. The van der Waals surface area contributed by atoms with Crippen molar-refractivity contribution in [3.8, 4) is 0 Å². The van der Waals surface area contributed by atoms with Gasteiger partial charge in [0.1, 0.15) is 6.04 Å². The van der Waals surface area contributed by atoms with Crippen molar-refractivity contribution in [1.29, 1.82) is 0 Å². The van der Waals surface area contributed by atoms with Crippen LogP contribution in [0.4, 0.5) is 0 Å². The summed E-state index contributed by atoms with van der Waals surface area (Å²) in [5.74, 6) is -0.826. The molecule has 2 fully saturated rings. The van der Waals surface area contributed by atoms with E-state index >= 15 is 0 Å². The highest BCUT2D eigenvalue weighted by atomic mass is 16.2. The third kappa shape index (κ3) is 5.47. The van der Waals surface area contributed by atoms with E-state index in [0.29, 0.717) is 25.8 Å². The van der Waals surface area contributed by atoms with E-state index in [4.69, 9.17) is 0 Å². The Hall–Kier alpha value is -1.69. The average molecular weight is 404 g/mol. The zero-order chi connectivity index (χ0) is 20.8. The van der Waals surface area contributed by atoms with Crippen LogP contribution in [0.25, 0.3) is 0 Å². The molecule has 0 bridgehead atoms. The van der Waals surface area contributed by atoms with Crippen molar-refractivity contribution in [2.45, 2.75) is 71.3 Å². The van der Waals surface area contributed by atoms with Gasteiger partial charge in [-0.3, -0.25) is 19.3 Å². The standard InChI is InChI=1S/C23H37N3O3/c1-17(2)16-20(26-22(28)18-10-5-6-11-19(18)23(26)29)21(27)24-12-9-15-25-13-7-3-4-8-14-25/h5-6,17-20H,3-4,7-16H2,1-2H3,(H,24,27). The van der Waals surface area contributed by atoms with Crippen molar-refractivity contribution in [2.24, 2.45) is 17.8 Å². The van der Waals surface area contributed by atoms with Gasteiger partial charge in [0.2, 0.25) is 17.7 Å². The maximum Gasteiger partial charge on any atom is 0.243 e. The lowest BCUT2D eigenvalue weighted by Crippen LogP contribution is -2.51. The second-order valence-electron chi connectivity index (χ2n) is 9.25. The Labute approximate surface area is 175 Å². The number of carbonyl (C=O) groups excluding carboxylic acids is 3. The number of allylic oxidation sites excluding steroid dienone is 2. The molecule has 6 nitrogen and oxygen atoms in total. The molecule has 1 aliphatic carbocycles. The number of nitrogens with one attached hydrogen (secondary N) is 1. The molecule has 3 atom stereocenters. The number of hydrogen-bond donors (Lipinski definition) is 1. The van der Waals surface area contributed by atoms with Crippen molar-refractivity contribution in [2.75, 3.05) is 26.2 Å². The first-order chi connectivity index (χ1) is 14.0. The van der Waals surface area contributed by atoms with Crippen molar-refractivity contribution < 1.29 is 14.4 Å². The summed E-state index contributed by atoms with van der Waals surface area (Å²) in [6.07, 6.45) is 11.8. The molecular formula is C23H37N3O3. The van der Waals surface area contributed by atoms with E-state index in [-0.39, 0.29) is 35.5 Å². The molecule has 0 aromatic rings. The highest BCUT2D eigenvalue weighted by Gasteiger charge is 2.51. The summed E-state index contributed by atoms with van der Waals surface area (Å²) in [6.45, 7) is 7.94. The van der Waals surface area contributed by atoms with Crippen LogP contribution in [0.3, 0.4) is 0 Å². The van der Waals surface area contributed by atoms with Crippen LogP contribution in [0.2, 0.25) is 0 Å². The zero-order valence-corrected chi connectivity index (χ0v) is 18.1. The van der Waals surface area contributed by atoms with Crippen LogP contribution in [0.15, 0.2) is 12.2 Å². The average Bonchev–Trinajstić information content (AvgIpc) is 2.87. The number of amides is 3. The summed E-state index contributed by atoms with van der Waals surface area (Å²) >= 11 is 0. The maximum absolute atomic E-state index is 13.0. The van der Waals surface area contributed by atoms with E-state index in [9.17, 15) is 14.4 Å². The Bertz CT molecular complexity index is 597. The molecular weight excluding hydrogens is 366 g/mol. The fraction of sp³-hybridized carbons (Fsp3) is 0.783. The second kappa shape index (κ2) is 10.4. The molecule has 162 valence electrons. The molecule has 1 N–H and O–H groups in total. The smallest absolute Gasteiger partial charge is 0.243 e. The molecule has 2 heterocycles. The quantitative estimate of drug-likeness (QED) is 0.384. The zero-order valence-electron chi connectivity index (χ0n) is 18.1. The second-order valence-corrected chi connectivity index (χ2v) is 9.25. The van der Waals surface area contributed by atoms with Gasteiger partial charge in [-0.05, 0) is 64.1 Å². The van der Waals surface area contributed by atoms with E-state index in [2.05, 4.69) is 10.2 Å². The van der Waals surface area contributed by atoms with Crippen LogP contribution in [0.5, 0.6) is 0 Å². The Morgan fingerprint density at radius 3 is 2.17 bits per heavy atom. The summed E-state index contributed by atoms with van der Waals surface area (Å²) in [5.41, 5.74) is 0. The van der Waals surface area contributed by atoms with Gasteiger partial charge < -0.3 is 10.2 Å². The van der Waals surface area contributed by atoms with E-state index in [0.717, 1.165) is 26.1 Å². The third-order valence-corrected chi connectivity index (χ3v) is 6.50.